The van der Waals surface area contributed by atoms with E-state index in [2.05, 4.69) is 5.32 Å². The van der Waals surface area contributed by atoms with E-state index in [1.54, 1.807) is 31.4 Å². The van der Waals surface area contributed by atoms with Crippen LogP contribution in [0.3, 0.4) is 0 Å². The largest absolute Gasteiger partial charge is 0.497 e. The van der Waals surface area contributed by atoms with Gasteiger partial charge in [0.1, 0.15) is 11.8 Å². The van der Waals surface area contributed by atoms with Gasteiger partial charge < -0.3 is 10.1 Å². The number of hydrogen-bond acceptors (Lipinski definition) is 4. The summed E-state index contributed by atoms with van der Waals surface area (Å²) in [6, 6.07) is 15.6. The first-order chi connectivity index (χ1) is 12.3. The quantitative estimate of drug-likeness (QED) is 0.764. The van der Waals surface area contributed by atoms with E-state index in [1.165, 1.54) is 7.05 Å². The van der Waals surface area contributed by atoms with Gasteiger partial charge >= 0.3 is 0 Å². The zero-order chi connectivity index (χ0) is 19.2. The van der Waals surface area contributed by atoms with Crippen LogP contribution >= 0.6 is 0 Å². The second-order valence-electron chi connectivity index (χ2n) is 5.98. The van der Waals surface area contributed by atoms with Crippen molar-refractivity contribution in [2.24, 2.45) is 0 Å². The Labute approximate surface area is 154 Å². The predicted octanol–water partition coefficient (Wildman–Crippen LogP) is 1.99. The molecule has 0 aliphatic heterocycles. The Morgan fingerprint density at radius 1 is 1.12 bits per heavy atom. The van der Waals surface area contributed by atoms with E-state index in [-0.39, 0.29) is 5.91 Å². The van der Waals surface area contributed by atoms with Gasteiger partial charge in [0.2, 0.25) is 15.9 Å². The van der Waals surface area contributed by atoms with E-state index in [0.717, 1.165) is 21.9 Å². The highest BCUT2D eigenvalue weighted by Gasteiger charge is 2.30. The van der Waals surface area contributed by atoms with Crippen LogP contribution in [0.4, 0.5) is 0 Å². The van der Waals surface area contributed by atoms with Crippen molar-refractivity contribution < 1.29 is 17.9 Å². The van der Waals surface area contributed by atoms with E-state index < -0.39 is 16.1 Å². The van der Waals surface area contributed by atoms with E-state index >= 15 is 0 Å². The van der Waals surface area contributed by atoms with Crippen molar-refractivity contribution in [3.05, 3.63) is 65.7 Å². The fraction of sp³-hybridized carbons (Fsp3) is 0.316. The van der Waals surface area contributed by atoms with Crippen LogP contribution in [0.5, 0.6) is 5.75 Å². The first kappa shape index (κ1) is 19.9. The molecule has 1 amide bonds. The number of sulfonamides is 1. The number of carbonyl (C=O) groups excluding carboxylic acids is 1. The van der Waals surface area contributed by atoms with Crippen LogP contribution in [0.1, 0.15) is 17.2 Å². The van der Waals surface area contributed by atoms with E-state index in [4.69, 9.17) is 4.74 Å². The Balaban J connectivity index is 2.06. The molecule has 0 saturated heterocycles. The molecule has 0 aliphatic carbocycles. The van der Waals surface area contributed by atoms with Gasteiger partial charge in [0, 0.05) is 13.6 Å². The van der Waals surface area contributed by atoms with Crippen molar-refractivity contribution in [3.8, 4) is 5.75 Å². The number of benzene rings is 2. The van der Waals surface area contributed by atoms with Crippen molar-refractivity contribution in [3.63, 3.8) is 0 Å². The zero-order valence-electron chi connectivity index (χ0n) is 15.2. The number of amides is 1. The number of ether oxygens (including phenoxy) is 1. The summed E-state index contributed by atoms with van der Waals surface area (Å²) < 4.78 is 30.1. The predicted molar refractivity (Wildman–Crippen MR) is 101 cm³/mol. The Morgan fingerprint density at radius 3 is 2.27 bits per heavy atom. The number of carbonyl (C=O) groups is 1. The van der Waals surface area contributed by atoms with Gasteiger partial charge in [-0.05, 0) is 29.7 Å². The molecule has 0 spiro atoms. The Hall–Kier alpha value is -2.38. The molecular formula is C19H24N2O4S. The lowest BCUT2D eigenvalue weighted by atomic mass is 10.1. The summed E-state index contributed by atoms with van der Waals surface area (Å²) >= 11 is 0. The third kappa shape index (κ3) is 5.31. The molecule has 0 heterocycles. The van der Waals surface area contributed by atoms with Crippen molar-refractivity contribution in [2.75, 3.05) is 27.0 Å². The molecule has 0 fully saturated rings. The highest BCUT2D eigenvalue weighted by molar-refractivity contribution is 7.88. The zero-order valence-corrected chi connectivity index (χ0v) is 16.0. The molecule has 140 valence electrons. The van der Waals surface area contributed by atoms with E-state index in [9.17, 15) is 13.2 Å². The Morgan fingerprint density at radius 2 is 1.73 bits per heavy atom. The van der Waals surface area contributed by atoms with Gasteiger partial charge in [-0.1, -0.05) is 42.5 Å². The molecular weight excluding hydrogens is 352 g/mol. The standard InChI is InChI=1S/C19H24N2O4S/c1-21(26(3,23)24)18(16-7-5-4-6-8-16)19(22)20-14-13-15-9-11-17(25-2)12-10-15/h4-12,18H,13-14H2,1-3H3,(H,20,22)/t18-/m1/s1. The number of methoxy groups -OCH3 is 1. The molecule has 6 nitrogen and oxygen atoms in total. The van der Waals surface area contributed by atoms with Crippen molar-refractivity contribution in [2.45, 2.75) is 12.5 Å². The second kappa shape index (κ2) is 8.82. The van der Waals surface area contributed by atoms with Crippen LogP contribution in [0.15, 0.2) is 54.6 Å². The maximum atomic E-state index is 12.7. The molecule has 0 bridgehead atoms. The van der Waals surface area contributed by atoms with Crippen molar-refractivity contribution >= 4 is 15.9 Å². The van der Waals surface area contributed by atoms with Crippen molar-refractivity contribution in [1.29, 1.82) is 0 Å². The molecule has 0 aliphatic rings. The smallest absolute Gasteiger partial charge is 0.243 e. The third-order valence-corrected chi connectivity index (χ3v) is 5.38. The van der Waals surface area contributed by atoms with Crippen LogP contribution in [0.25, 0.3) is 0 Å². The minimum atomic E-state index is -3.52. The summed E-state index contributed by atoms with van der Waals surface area (Å²) in [6.07, 6.45) is 1.73. The number of likely N-dealkylation sites (N-methyl/N-ethyl adjacent to an activating group) is 1. The minimum Gasteiger partial charge on any atom is -0.497 e. The van der Waals surface area contributed by atoms with E-state index in [1.807, 2.05) is 30.3 Å². The maximum absolute atomic E-state index is 12.7. The number of nitrogens with one attached hydrogen (secondary N) is 1. The normalized spacial score (nSPS) is 12.6. The highest BCUT2D eigenvalue weighted by atomic mass is 32.2. The van der Waals surface area contributed by atoms with Gasteiger partial charge in [-0.2, -0.15) is 4.31 Å². The van der Waals surface area contributed by atoms with Gasteiger partial charge in [0.15, 0.2) is 0 Å². The van der Waals surface area contributed by atoms with Gasteiger partial charge in [-0.3, -0.25) is 4.79 Å². The molecule has 0 unspecified atom stereocenters. The molecule has 2 aromatic carbocycles. The molecule has 7 heteroatoms. The van der Waals surface area contributed by atoms with Crippen molar-refractivity contribution in [1.82, 2.24) is 9.62 Å². The first-order valence-electron chi connectivity index (χ1n) is 8.21. The number of hydrogen-bond donors (Lipinski definition) is 1. The van der Waals surface area contributed by atoms with Gasteiger partial charge in [-0.15, -0.1) is 0 Å². The van der Waals surface area contributed by atoms with Gasteiger partial charge in [0.05, 0.1) is 13.4 Å². The van der Waals surface area contributed by atoms with Crippen LogP contribution in [0, 0.1) is 0 Å². The molecule has 2 rings (SSSR count). The van der Waals surface area contributed by atoms with Crippen LogP contribution in [-0.4, -0.2) is 45.6 Å². The van der Waals surface area contributed by atoms with Crippen LogP contribution < -0.4 is 10.1 Å². The monoisotopic (exact) mass is 376 g/mol. The molecule has 2 aromatic rings. The fourth-order valence-electron chi connectivity index (χ4n) is 2.57. The third-order valence-electron chi connectivity index (χ3n) is 4.12. The SMILES string of the molecule is COc1ccc(CCNC(=O)[C@@H](c2ccccc2)N(C)S(C)(=O)=O)cc1. The topological polar surface area (TPSA) is 75.7 Å². The van der Waals surface area contributed by atoms with Crippen LogP contribution in [0.2, 0.25) is 0 Å². The summed E-state index contributed by atoms with van der Waals surface area (Å²) in [5.41, 5.74) is 1.68. The average molecular weight is 376 g/mol. The summed E-state index contributed by atoms with van der Waals surface area (Å²) in [5.74, 6) is 0.425. The fourth-order valence-corrected chi connectivity index (χ4v) is 3.17. The molecule has 0 aromatic heterocycles. The molecule has 26 heavy (non-hydrogen) atoms. The molecule has 0 radical (unpaired) electrons. The lowest BCUT2D eigenvalue weighted by molar-refractivity contribution is -0.124. The Bertz CT molecular complexity index is 820. The molecule has 1 N–H and O–H groups in total. The molecule has 1 atom stereocenters. The van der Waals surface area contributed by atoms with Gasteiger partial charge in [-0.25, -0.2) is 8.42 Å². The Kier molecular flexibility index (Phi) is 6.76. The average Bonchev–Trinajstić information content (AvgIpc) is 2.62. The minimum absolute atomic E-state index is 0.349. The lowest BCUT2D eigenvalue weighted by Crippen LogP contribution is -2.41. The summed E-state index contributed by atoms with van der Waals surface area (Å²) in [6.45, 7) is 0.409. The van der Waals surface area contributed by atoms with Gasteiger partial charge in [0.25, 0.3) is 0 Å². The maximum Gasteiger partial charge on any atom is 0.243 e. The van der Waals surface area contributed by atoms with Crippen LogP contribution in [-0.2, 0) is 21.2 Å². The number of rotatable bonds is 8. The van der Waals surface area contributed by atoms with E-state index in [0.29, 0.717) is 18.5 Å². The lowest BCUT2D eigenvalue weighted by Gasteiger charge is -2.25. The number of nitrogens with zero attached hydrogens (tertiary/aromatic N) is 1. The summed E-state index contributed by atoms with van der Waals surface area (Å²) in [5, 5.41) is 2.84. The highest BCUT2D eigenvalue weighted by Crippen LogP contribution is 2.22. The summed E-state index contributed by atoms with van der Waals surface area (Å²) in [7, 11) is -0.500. The second-order valence-corrected chi connectivity index (χ2v) is 8.02. The summed E-state index contributed by atoms with van der Waals surface area (Å²) in [4.78, 5) is 12.7. The first-order valence-corrected chi connectivity index (χ1v) is 10.1. The molecule has 0 saturated carbocycles.